The predicted molar refractivity (Wildman–Crippen MR) is 83.0 cm³/mol. The lowest BCUT2D eigenvalue weighted by Crippen LogP contribution is -2.40. The van der Waals surface area contributed by atoms with Crippen molar-refractivity contribution in [2.24, 2.45) is 0 Å². The molecule has 1 N–H and O–H groups in total. The zero-order valence-corrected chi connectivity index (χ0v) is 13.2. The van der Waals surface area contributed by atoms with Gasteiger partial charge < -0.3 is 9.84 Å². The molecule has 9 heteroatoms. The van der Waals surface area contributed by atoms with E-state index in [0.29, 0.717) is 0 Å². The minimum atomic E-state index is -5.06. The van der Waals surface area contributed by atoms with Gasteiger partial charge in [-0.25, -0.2) is 4.79 Å². The maximum Gasteiger partial charge on any atom is 0.430 e. The largest absolute Gasteiger partial charge is 0.478 e. The van der Waals surface area contributed by atoms with Crippen LogP contribution < -0.4 is 4.74 Å². The van der Waals surface area contributed by atoms with Gasteiger partial charge in [0.1, 0.15) is 5.75 Å². The Bertz CT molecular complexity index is 927. The van der Waals surface area contributed by atoms with E-state index in [1.54, 1.807) is 0 Å². The van der Waals surface area contributed by atoms with Crippen molar-refractivity contribution < 1.29 is 41.0 Å². The van der Waals surface area contributed by atoms with Gasteiger partial charge in [-0.3, -0.25) is 0 Å². The Morgan fingerprint density at radius 1 is 0.926 bits per heavy atom. The fraction of sp³-hybridized carbons (Fsp3) is 0.167. The highest BCUT2D eigenvalue weighted by molar-refractivity contribution is 5.96. The summed E-state index contributed by atoms with van der Waals surface area (Å²) in [5.74, 6) is -2.29. The van der Waals surface area contributed by atoms with Crippen molar-refractivity contribution in [1.29, 1.82) is 0 Å². The summed E-state index contributed by atoms with van der Waals surface area (Å²) in [6.45, 7) is 0. The number of aliphatic carboxylic acids is 1. The molecule has 3 rings (SSSR count). The van der Waals surface area contributed by atoms with Gasteiger partial charge in [0.2, 0.25) is 6.10 Å². The van der Waals surface area contributed by atoms with Gasteiger partial charge >= 0.3 is 18.3 Å². The van der Waals surface area contributed by atoms with Crippen molar-refractivity contribution in [3.8, 4) is 16.9 Å². The molecule has 1 heterocycles. The average molecular weight is 388 g/mol. The van der Waals surface area contributed by atoms with Crippen LogP contribution in [0.4, 0.5) is 26.3 Å². The molecule has 0 aliphatic carbocycles. The summed E-state index contributed by atoms with van der Waals surface area (Å²) < 4.78 is 84.5. The Labute approximate surface area is 148 Å². The fourth-order valence-corrected chi connectivity index (χ4v) is 2.82. The summed E-state index contributed by atoms with van der Waals surface area (Å²) in [7, 11) is 0. The van der Waals surface area contributed by atoms with Crippen molar-refractivity contribution in [2.45, 2.75) is 18.5 Å². The van der Waals surface area contributed by atoms with E-state index < -0.39 is 41.3 Å². The Kier molecular flexibility index (Phi) is 4.41. The first kappa shape index (κ1) is 18.8. The van der Waals surface area contributed by atoms with E-state index in [1.165, 1.54) is 24.3 Å². The number of carbonyl (C=O) groups is 1. The van der Waals surface area contributed by atoms with Crippen molar-refractivity contribution in [1.82, 2.24) is 0 Å². The van der Waals surface area contributed by atoms with Gasteiger partial charge in [0, 0.05) is 11.1 Å². The minimum Gasteiger partial charge on any atom is -0.478 e. The van der Waals surface area contributed by atoms with Crippen LogP contribution in [0.1, 0.15) is 11.1 Å². The summed E-state index contributed by atoms with van der Waals surface area (Å²) in [4.78, 5) is 11.2. The van der Waals surface area contributed by atoms with E-state index in [4.69, 9.17) is 9.84 Å². The molecule has 2 aromatic carbocycles. The van der Waals surface area contributed by atoms with Gasteiger partial charge in [0.15, 0.2) is 0 Å². The number of carboxylic acids is 1. The van der Waals surface area contributed by atoms with Crippen LogP contribution in [0.5, 0.6) is 5.75 Å². The van der Waals surface area contributed by atoms with Crippen LogP contribution in [0.25, 0.3) is 17.2 Å². The molecule has 0 radical (unpaired) electrons. The van der Waals surface area contributed by atoms with Gasteiger partial charge in [-0.1, -0.05) is 36.4 Å². The second-order valence-electron chi connectivity index (χ2n) is 5.71. The number of hydrogen-bond acceptors (Lipinski definition) is 2. The molecule has 0 saturated carbocycles. The number of rotatable bonds is 2. The first-order valence-corrected chi connectivity index (χ1v) is 7.48. The van der Waals surface area contributed by atoms with Crippen LogP contribution in [-0.2, 0) is 11.0 Å². The lowest BCUT2D eigenvalue weighted by molar-refractivity contribution is -0.187. The Balaban J connectivity index is 2.24. The number of benzene rings is 2. The van der Waals surface area contributed by atoms with E-state index in [-0.39, 0.29) is 16.7 Å². The number of ether oxygens (including phenoxy) is 1. The molecule has 1 aliphatic heterocycles. The number of para-hydroxylation sites is 1. The molecule has 0 fully saturated rings. The molecule has 27 heavy (non-hydrogen) atoms. The van der Waals surface area contributed by atoms with Gasteiger partial charge in [0.25, 0.3) is 0 Å². The molecule has 3 nitrogen and oxygen atoms in total. The summed E-state index contributed by atoms with van der Waals surface area (Å²) in [5.41, 5.74) is -2.72. The summed E-state index contributed by atoms with van der Waals surface area (Å²) >= 11 is 0. The average Bonchev–Trinajstić information content (AvgIpc) is 2.58. The molecule has 142 valence electrons. The third-order valence-electron chi connectivity index (χ3n) is 3.94. The monoisotopic (exact) mass is 388 g/mol. The van der Waals surface area contributed by atoms with Gasteiger partial charge in [0.05, 0.1) is 11.1 Å². The SMILES string of the molecule is O=C(O)C1=Cc2cccc(-c3ccccc3C(F)(F)F)c2OC1C(F)(F)F. The van der Waals surface area contributed by atoms with Crippen LogP contribution in [0, 0.1) is 0 Å². The van der Waals surface area contributed by atoms with Gasteiger partial charge in [-0.15, -0.1) is 0 Å². The third-order valence-corrected chi connectivity index (χ3v) is 3.94. The third kappa shape index (κ3) is 3.49. The molecular formula is C18H10F6O3. The molecule has 0 saturated heterocycles. The van der Waals surface area contributed by atoms with Crippen molar-refractivity contribution >= 4 is 12.0 Å². The van der Waals surface area contributed by atoms with Crippen molar-refractivity contribution in [2.75, 3.05) is 0 Å². The maximum absolute atomic E-state index is 13.3. The van der Waals surface area contributed by atoms with Crippen LogP contribution in [0.3, 0.4) is 0 Å². The van der Waals surface area contributed by atoms with Crippen LogP contribution in [0.2, 0.25) is 0 Å². The number of fused-ring (bicyclic) bond motifs is 1. The normalized spacial score (nSPS) is 17.0. The highest BCUT2D eigenvalue weighted by Gasteiger charge is 2.49. The lowest BCUT2D eigenvalue weighted by atomic mass is 9.93. The number of halogens is 6. The highest BCUT2D eigenvalue weighted by atomic mass is 19.4. The second-order valence-corrected chi connectivity index (χ2v) is 5.71. The summed E-state index contributed by atoms with van der Waals surface area (Å²) in [6, 6.07) is 8.16. The standard InChI is InChI=1S/C18H10F6O3/c19-17(20,21)13-7-2-1-5-10(13)11-6-3-4-9-8-12(16(25)26)15(18(22,23)24)27-14(9)11/h1-8,15H,(H,25,26). The lowest BCUT2D eigenvalue weighted by Gasteiger charge is -2.29. The second kappa shape index (κ2) is 6.33. The van der Waals surface area contributed by atoms with Gasteiger partial charge in [-0.2, -0.15) is 26.3 Å². The Morgan fingerprint density at radius 3 is 2.15 bits per heavy atom. The fourth-order valence-electron chi connectivity index (χ4n) is 2.82. The molecule has 1 aliphatic rings. The van der Waals surface area contributed by atoms with E-state index in [0.717, 1.165) is 24.3 Å². The first-order valence-electron chi connectivity index (χ1n) is 7.48. The molecule has 2 aromatic rings. The van der Waals surface area contributed by atoms with Crippen LogP contribution >= 0.6 is 0 Å². The number of hydrogen-bond donors (Lipinski definition) is 1. The van der Waals surface area contributed by atoms with Crippen molar-refractivity contribution in [3.05, 3.63) is 59.2 Å². The summed E-state index contributed by atoms with van der Waals surface area (Å²) in [5, 5.41) is 9.04. The Hall–Kier alpha value is -2.97. The zero-order chi connectivity index (χ0) is 20.0. The van der Waals surface area contributed by atoms with E-state index in [2.05, 4.69) is 0 Å². The number of alkyl halides is 6. The maximum atomic E-state index is 13.3. The topological polar surface area (TPSA) is 46.5 Å². The first-order chi connectivity index (χ1) is 12.5. The quantitative estimate of drug-likeness (QED) is 0.723. The molecule has 0 bridgehead atoms. The molecule has 0 amide bonds. The molecule has 0 aromatic heterocycles. The van der Waals surface area contributed by atoms with Crippen LogP contribution in [-0.4, -0.2) is 23.4 Å². The molecular weight excluding hydrogens is 378 g/mol. The van der Waals surface area contributed by atoms with E-state index >= 15 is 0 Å². The van der Waals surface area contributed by atoms with E-state index in [9.17, 15) is 31.1 Å². The number of carboxylic acid groups (broad SMARTS) is 1. The van der Waals surface area contributed by atoms with Crippen LogP contribution in [0.15, 0.2) is 48.0 Å². The minimum absolute atomic E-state index is 0.0534. The predicted octanol–water partition coefficient (Wildman–Crippen LogP) is 5.16. The highest BCUT2D eigenvalue weighted by Crippen LogP contribution is 2.45. The molecule has 1 atom stereocenters. The van der Waals surface area contributed by atoms with Gasteiger partial charge in [-0.05, 0) is 17.7 Å². The Morgan fingerprint density at radius 2 is 1.56 bits per heavy atom. The zero-order valence-electron chi connectivity index (χ0n) is 13.2. The summed E-state index contributed by atoms with van der Waals surface area (Å²) in [6.07, 6.45) is -11.8. The molecule has 0 spiro atoms. The van der Waals surface area contributed by atoms with Crippen molar-refractivity contribution in [3.63, 3.8) is 0 Å². The van der Waals surface area contributed by atoms with E-state index in [1.807, 2.05) is 0 Å². The molecule has 1 unspecified atom stereocenters. The smallest absolute Gasteiger partial charge is 0.430 e.